The van der Waals surface area contributed by atoms with Crippen LogP contribution in [0.15, 0.2) is 140 Å². The molecule has 0 radical (unpaired) electrons. The van der Waals surface area contributed by atoms with Gasteiger partial charge in [0, 0.05) is 34.3 Å². The van der Waals surface area contributed by atoms with Gasteiger partial charge in [-0.3, -0.25) is 4.98 Å². The third kappa shape index (κ3) is 3.44. The second kappa shape index (κ2) is 8.92. The molecule has 3 heteroatoms. The number of rotatable bonds is 3. The van der Waals surface area contributed by atoms with Crippen molar-refractivity contribution < 1.29 is 0 Å². The highest BCUT2D eigenvalue weighted by Crippen LogP contribution is 2.49. The zero-order chi connectivity index (χ0) is 27.6. The first-order valence-electron chi connectivity index (χ1n) is 14.2. The number of hydrogen-bond acceptors (Lipinski definition) is 3. The minimum atomic E-state index is 0.918. The summed E-state index contributed by atoms with van der Waals surface area (Å²) >= 11 is 0. The zero-order valence-electron chi connectivity index (χ0n) is 22.6. The van der Waals surface area contributed by atoms with Gasteiger partial charge < -0.3 is 0 Å². The molecule has 0 saturated heterocycles. The van der Waals surface area contributed by atoms with Crippen LogP contribution in [-0.2, 0) is 0 Å². The maximum Gasteiger partial charge on any atom is 0.0972 e. The van der Waals surface area contributed by atoms with E-state index in [1.54, 1.807) is 6.20 Å². The Morgan fingerprint density at radius 3 is 1.74 bits per heavy atom. The molecule has 0 fully saturated rings. The van der Waals surface area contributed by atoms with Gasteiger partial charge in [0.05, 0.1) is 22.4 Å². The molecule has 42 heavy (non-hydrogen) atoms. The van der Waals surface area contributed by atoms with E-state index in [1.807, 2.05) is 12.3 Å². The van der Waals surface area contributed by atoms with Gasteiger partial charge in [-0.15, -0.1) is 0 Å². The van der Waals surface area contributed by atoms with Gasteiger partial charge in [-0.05, 0) is 62.4 Å². The highest BCUT2D eigenvalue weighted by Gasteiger charge is 2.22. The predicted molar refractivity (Wildman–Crippen MR) is 173 cm³/mol. The summed E-state index contributed by atoms with van der Waals surface area (Å²) in [7, 11) is 0. The number of benzene rings is 5. The summed E-state index contributed by atoms with van der Waals surface area (Å²) < 4.78 is 0. The van der Waals surface area contributed by atoms with Crippen molar-refractivity contribution in [2.24, 2.45) is 0 Å². The monoisotopic (exact) mass is 533 g/mol. The standard InChI is InChI=1S/C39H23N3/c1-2-7-30-29(6-1)32-8-3-9-33-31(18-19-34(30)37(32)33)36-21-17-27-15-14-26-16-20-35(41-38(26)39(27)42-36)25-12-10-24(11-13-25)28-5-4-22-40-23-28/h1-23H. The average Bonchev–Trinajstić information content (AvgIpc) is 3.40. The van der Waals surface area contributed by atoms with E-state index in [-0.39, 0.29) is 0 Å². The molecule has 0 amide bonds. The lowest BCUT2D eigenvalue weighted by Crippen LogP contribution is -1.92. The zero-order valence-corrected chi connectivity index (χ0v) is 22.6. The fraction of sp³-hybridized carbons (Fsp3) is 0. The van der Waals surface area contributed by atoms with Crippen LogP contribution in [0.4, 0.5) is 0 Å². The smallest absolute Gasteiger partial charge is 0.0972 e. The van der Waals surface area contributed by atoms with E-state index < -0.39 is 0 Å². The molecule has 8 aromatic rings. The predicted octanol–water partition coefficient (Wildman–Crippen LogP) is 9.98. The molecule has 0 spiro atoms. The summed E-state index contributed by atoms with van der Waals surface area (Å²) in [6, 6.07) is 45.2. The molecule has 0 atom stereocenters. The molecule has 3 aromatic heterocycles. The third-order valence-electron chi connectivity index (χ3n) is 8.52. The number of fused-ring (bicyclic) bond motifs is 6. The Hall–Kier alpha value is -5.67. The summed E-state index contributed by atoms with van der Waals surface area (Å²) in [6.45, 7) is 0. The van der Waals surface area contributed by atoms with Crippen LogP contribution in [0.3, 0.4) is 0 Å². The topological polar surface area (TPSA) is 38.7 Å². The van der Waals surface area contributed by atoms with E-state index in [4.69, 9.17) is 9.97 Å². The molecule has 0 bridgehead atoms. The first-order chi connectivity index (χ1) is 20.8. The minimum absolute atomic E-state index is 0.918. The Balaban J connectivity index is 1.19. The fourth-order valence-electron chi connectivity index (χ4n) is 6.48. The summed E-state index contributed by atoms with van der Waals surface area (Å²) in [5.41, 5.74) is 13.4. The lowest BCUT2D eigenvalue weighted by Gasteiger charge is -2.11. The number of hydrogen-bond donors (Lipinski definition) is 0. The summed E-state index contributed by atoms with van der Waals surface area (Å²) in [4.78, 5) is 14.7. The molecule has 1 aliphatic rings. The summed E-state index contributed by atoms with van der Waals surface area (Å²) in [6.07, 6.45) is 3.68. The van der Waals surface area contributed by atoms with Crippen molar-refractivity contribution in [1.29, 1.82) is 0 Å². The van der Waals surface area contributed by atoms with Gasteiger partial charge in [-0.2, -0.15) is 0 Å². The molecule has 1 aliphatic carbocycles. The van der Waals surface area contributed by atoms with Crippen LogP contribution < -0.4 is 0 Å². The van der Waals surface area contributed by atoms with Crippen molar-refractivity contribution in [1.82, 2.24) is 15.0 Å². The number of nitrogens with zero attached hydrogens (tertiary/aromatic N) is 3. The summed E-state index contributed by atoms with van der Waals surface area (Å²) in [5, 5.41) is 4.71. The van der Waals surface area contributed by atoms with Crippen molar-refractivity contribution in [2.45, 2.75) is 0 Å². The van der Waals surface area contributed by atoms with Crippen LogP contribution in [0.25, 0.3) is 88.5 Å². The molecule has 3 heterocycles. The third-order valence-corrected chi connectivity index (χ3v) is 8.52. The largest absolute Gasteiger partial charge is 0.264 e. The molecular weight excluding hydrogens is 510 g/mol. The van der Waals surface area contributed by atoms with Crippen molar-refractivity contribution in [3.8, 4) is 55.9 Å². The lowest BCUT2D eigenvalue weighted by molar-refractivity contribution is 1.33. The van der Waals surface area contributed by atoms with Crippen LogP contribution in [0.2, 0.25) is 0 Å². The molecule has 194 valence electrons. The maximum absolute atomic E-state index is 5.27. The quantitative estimate of drug-likeness (QED) is 0.212. The van der Waals surface area contributed by atoms with Gasteiger partial charge >= 0.3 is 0 Å². The van der Waals surface area contributed by atoms with Crippen molar-refractivity contribution >= 4 is 32.6 Å². The number of aromatic nitrogens is 3. The maximum atomic E-state index is 5.27. The van der Waals surface area contributed by atoms with Crippen molar-refractivity contribution in [2.75, 3.05) is 0 Å². The second-order valence-electron chi connectivity index (χ2n) is 10.9. The van der Waals surface area contributed by atoms with E-state index >= 15 is 0 Å². The molecule has 0 aliphatic heterocycles. The highest BCUT2D eigenvalue weighted by atomic mass is 14.8. The summed E-state index contributed by atoms with van der Waals surface area (Å²) in [5.74, 6) is 0. The van der Waals surface area contributed by atoms with E-state index in [0.29, 0.717) is 0 Å². The first kappa shape index (κ1) is 23.1. The Morgan fingerprint density at radius 1 is 0.381 bits per heavy atom. The van der Waals surface area contributed by atoms with Crippen LogP contribution in [0, 0.1) is 0 Å². The average molecular weight is 534 g/mol. The second-order valence-corrected chi connectivity index (χ2v) is 10.9. The van der Waals surface area contributed by atoms with E-state index in [9.17, 15) is 0 Å². The lowest BCUT2D eigenvalue weighted by atomic mass is 9.96. The minimum Gasteiger partial charge on any atom is -0.264 e. The van der Waals surface area contributed by atoms with Gasteiger partial charge in [0.2, 0.25) is 0 Å². The van der Waals surface area contributed by atoms with Crippen LogP contribution in [-0.4, -0.2) is 15.0 Å². The van der Waals surface area contributed by atoms with Crippen LogP contribution in [0.5, 0.6) is 0 Å². The highest BCUT2D eigenvalue weighted by molar-refractivity contribution is 6.18. The van der Waals surface area contributed by atoms with Crippen molar-refractivity contribution in [3.05, 3.63) is 140 Å². The normalized spacial score (nSPS) is 11.8. The van der Waals surface area contributed by atoms with Gasteiger partial charge in [-0.25, -0.2) is 9.97 Å². The molecule has 0 unspecified atom stereocenters. The molecule has 0 saturated carbocycles. The SMILES string of the molecule is c1cncc(-c2ccc(-c3ccc4ccc5ccc(-c6ccc7c8c(cccc68)-c6ccccc6-7)nc5c4n3)cc2)c1. The van der Waals surface area contributed by atoms with E-state index in [2.05, 4.69) is 126 Å². The number of pyridine rings is 3. The molecular formula is C39H23N3. The van der Waals surface area contributed by atoms with Crippen molar-refractivity contribution in [3.63, 3.8) is 0 Å². The molecule has 5 aromatic carbocycles. The van der Waals surface area contributed by atoms with Crippen LogP contribution >= 0.6 is 0 Å². The Morgan fingerprint density at radius 2 is 1.00 bits per heavy atom. The Kier molecular flexibility index (Phi) is 4.90. The van der Waals surface area contributed by atoms with Gasteiger partial charge in [0.25, 0.3) is 0 Å². The molecule has 0 N–H and O–H groups in total. The van der Waals surface area contributed by atoms with Crippen LogP contribution in [0.1, 0.15) is 0 Å². The van der Waals surface area contributed by atoms with Gasteiger partial charge in [-0.1, -0.05) is 109 Å². The fourth-order valence-corrected chi connectivity index (χ4v) is 6.48. The molecule has 3 nitrogen and oxygen atoms in total. The van der Waals surface area contributed by atoms with E-state index in [0.717, 1.165) is 55.4 Å². The first-order valence-corrected chi connectivity index (χ1v) is 14.2. The Bertz CT molecular complexity index is 2310. The van der Waals surface area contributed by atoms with Gasteiger partial charge in [0.1, 0.15) is 0 Å². The Labute approximate surface area is 242 Å². The van der Waals surface area contributed by atoms with Gasteiger partial charge in [0.15, 0.2) is 0 Å². The molecule has 9 rings (SSSR count). The van der Waals surface area contributed by atoms with E-state index in [1.165, 1.54) is 33.0 Å².